The molecule has 128 valence electrons. The molecule has 0 aliphatic rings. The molecule has 2 N–H and O–H groups in total. The summed E-state index contributed by atoms with van der Waals surface area (Å²) in [7, 11) is 0. The van der Waals surface area contributed by atoms with E-state index in [9.17, 15) is 9.59 Å². The number of ether oxygens (including phenoxy) is 1. The van der Waals surface area contributed by atoms with Crippen molar-refractivity contribution in [2.45, 2.75) is 39.3 Å². The molecule has 0 fully saturated rings. The van der Waals surface area contributed by atoms with Crippen LogP contribution < -0.4 is 10.1 Å². The smallest absolute Gasteiger partial charge is 0.326 e. The maximum absolute atomic E-state index is 11.9. The van der Waals surface area contributed by atoms with Crippen LogP contribution in [-0.4, -0.2) is 28.0 Å². The normalized spacial score (nSPS) is 11.8. The first-order chi connectivity index (χ1) is 11.5. The molecule has 0 bridgehead atoms. The molecule has 1 aromatic carbocycles. The average molecular weight is 348 g/mol. The Morgan fingerprint density at radius 3 is 2.67 bits per heavy atom. The number of hydrogen-bond donors (Lipinski definition) is 2. The number of hydrogen-bond acceptors (Lipinski definition) is 5. The number of aromatic nitrogens is 1. The van der Waals surface area contributed by atoms with Crippen LogP contribution in [0.4, 0.5) is 0 Å². The second kappa shape index (κ2) is 8.44. The predicted molar refractivity (Wildman–Crippen MR) is 91.2 cm³/mol. The third kappa shape index (κ3) is 5.34. The monoisotopic (exact) mass is 348 g/mol. The standard InChI is InChI=1S/C17H20N2O4S/c1-3-14(17(21)22)19-15(20)8-12-10-24-16(18-12)9-23-13-6-4-11(2)5-7-13/h4-7,10,14H,3,8-9H2,1-2H3,(H,19,20)(H,21,22). The number of amides is 1. The average Bonchev–Trinajstić information content (AvgIpc) is 2.99. The van der Waals surface area contributed by atoms with Crippen molar-refractivity contribution in [1.82, 2.24) is 10.3 Å². The Balaban J connectivity index is 1.85. The van der Waals surface area contributed by atoms with Crippen molar-refractivity contribution in [1.29, 1.82) is 0 Å². The van der Waals surface area contributed by atoms with Crippen LogP contribution in [0.3, 0.4) is 0 Å². The van der Waals surface area contributed by atoms with Crippen molar-refractivity contribution in [3.63, 3.8) is 0 Å². The van der Waals surface area contributed by atoms with Crippen LogP contribution in [0.1, 0.15) is 29.6 Å². The van der Waals surface area contributed by atoms with E-state index in [2.05, 4.69) is 10.3 Å². The number of thiazole rings is 1. The van der Waals surface area contributed by atoms with Gasteiger partial charge in [0.25, 0.3) is 0 Å². The zero-order valence-electron chi connectivity index (χ0n) is 13.6. The number of carbonyl (C=O) groups is 2. The van der Waals surface area contributed by atoms with Gasteiger partial charge in [-0.05, 0) is 25.5 Å². The van der Waals surface area contributed by atoms with Crippen molar-refractivity contribution >= 4 is 23.2 Å². The first-order valence-corrected chi connectivity index (χ1v) is 8.50. The van der Waals surface area contributed by atoms with Gasteiger partial charge in [0.05, 0.1) is 12.1 Å². The third-order valence-electron chi connectivity index (χ3n) is 3.37. The molecule has 1 unspecified atom stereocenters. The Labute approximate surface area is 144 Å². The van der Waals surface area contributed by atoms with Crippen LogP contribution in [0.5, 0.6) is 5.75 Å². The number of rotatable bonds is 8. The van der Waals surface area contributed by atoms with Gasteiger partial charge in [-0.2, -0.15) is 0 Å². The minimum atomic E-state index is -1.03. The van der Waals surface area contributed by atoms with Crippen molar-refractivity contribution in [3.05, 3.63) is 45.9 Å². The van der Waals surface area contributed by atoms with E-state index < -0.39 is 12.0 Å². The van der Waals surface area contributed by atoms with Gasteiger partial charge in [-0.1, -0.05) is 24.6 Å². The first-order valence-electron chi connectivity index (χ1n) is 7.63. The number of aliphatic carboxylic acids is 1. The minimum Gasteiger partial charge on any atom is -0.486 e. The van der Waals surface area contributed by atoms with E-state index in [4.69, 9.17) is 9.84 Å². The van der Waals surface area contributed by atoms with Crippen molar-refractivity contribution < 1.29 is 19.4 Å². The summed E-state index contributed by atoms with van der Waals surface area (Å²) in [6.45, 7) is 4.06. The van der Waals surface area contributed by atoms with Gasteiger partial charge in [0.15, 0.2) is 0 Å². The van der Waals surface area contributed by atoms with E-state index in [0.717, 1.165) is 16.3 Å². The van der Waals surface area contributed by atoms with Crippen LogP contribution in [-0.2, 0) is 22.6 Å². The first kappa shape index (κ1) is 17.9. The lowest BCUT2D eigenvalue weighted by Gasteiger charge is -2.11. The molecule has 7 heteroatoms. The molecular formula is C17H20N2O4S. The lowest BCUT2D eigenvalue weighted by Crippen LogP contribution is -2.41. The van der Waals surface area contributed by atoms with Crippen LogP contribution >= 0.6 is 11.3 Å². The summed E-state index contributed by atoms with van der Waals surface area (Å²) in [4.78, 5) is 27.1. The summed E-state index contributed by atoms with van der Waals surface area (Å²) in [6, 6.07) is 6.88. The highest BCUT2D eigenvalue weighted by Crippen LogP contribution is 2.16. The molecule has 2 aromatic rings. The van der Waals surface area contributed by atoms with Crippen LogP contribution in [0.2, 0.25) is 0 Å². The van der Waals surface area contributed by atoms with Crippen molar-refractivity contribution in [2.24, 2.45) is 0 Å². The number of carboxylic acids is 1. The quantitative estimate of drug-likeness (QED) is 0.765. The minimum absolute atomic E-state index is 0.0603. The second-order valence-corrected chi connectivity index (χ2v) is 6.32. The number of carbonyl (C=O) groups excluding carboxylic acids is 1. The molecule has 0 spiro atoms. The number of nitrogens with one attached hydrogen (secondary N) is 1. The maximum atomic E-state index is 11.9. The Bertz CT molecular complexity index is 697. The molecule has 0 aliphatic carbocycles. The van der Waals surface area contributed by atoms with Gasteiger partial charge in [-0.15, -0.1) is 11.3 Å². The van der Waals surface area contributed by atoms with E-state index in [0.29, 0.717) is 18.7 Å². The second-order valence-electron chi connectivity index (χ2n) is 5.38. The van der Waals surface area contributed by atoms with Gasteiger partial charge in [0.1, 0.15) is 23.4 Å². The van der Waals surface area contributed by atoms with E-state index in [1.807, 2.05) is 31.2 Å². The molecule has 0 saturated carbocycles. The molecule has 0 saturated heterocycles. The van der Waals surface area contributed by atoms with Crippen LogP contribution in [0, 0.1) is 6.92 Å². The number of carboxylic acid groups (broad SMARTS) is 1. The van der Waals surface area contributed by atoms with Crippen LogP contribution in [0.15, 0.2) is 29.6 Å². The molecule has 0 radical (unpaired) electrons. The lowest BCUT2D eigenvalue weighted by molar-refractivity contribution is -0.141. The summed E-state index contributed by atoms with van der Waals surface area (Å²) in [5.74, 6) is -0.612. The number of aryl methyl sites for hydroxylation is 1. The van der Waals surface area contributed by atoms with Gasteiger partial charge in [-0.3, -0.25) is 4.79 Å². The van der Waals surface area contributed by atoms with Gasteiger partial charge in [0, 0.05) is 5.38 Å². The van der Waals surface area contributed by atoms with E-state index in [1.54, 1.807) is 12.3 Å². The van der Waals surface area contributed by atoms with E-state index >= 15 is 0 Å². The van der Waals surface area contributed by atoms with Gasteiger partial charge >= 0.3 is 5.97 Å². The molecule has 1 aromatic heterocycles. The Morgan fingerprint density at radius 1 is 1.33 bits per heavy atom. The Kier molecular flexibility index (Phi) is 6.31. The Morgan fingerprint density at radius 2 is 2.04 bits per heavy atom. The SMILES string of the molecule is CCC(NC(=O)Cc1csc(COc2ccc(C)cc2)n1)C(=O)O. The highest BCUT2D eigenvalue weighted by Gasteiger charge is 2.18. The summed E-state index contributed by atoms with van der Waals surface area (Å²) in [5.41, 5.74) is 1.77. The molecule has 2 rings (SSSR count). The summed E-state index contributed by atoms with van der Waals surface area (Å²) < 4.78 is 5.65. The van der Waals surface area contributed by atoms with Crippen molar-refractivity contribution in [2.75, 3.05) is 0 Å². The number of benzene rings is 1. The molecular weight excluding hydrogens is 328 g/mol. The summed E-state index contributed by atoms with van der Waals surface area (Å²) in [5, 5.41) is 14.0. The molecule has 0 aliphatic heterocycles. The largest absolute Gasteiger partial charge is 0.486 e. The number of nitrogens with zero attached hydrogens (tertiary/aromatic N) is 1. The maximum Gasteiger partial charge on any atom is 0.326 e. The van der Waals surface area contributed by atoms with E-state index in [-0.39, 0.29) is 12.3 Å². The Hall–Kier alpha value is -2.41. The molecule has 1 atom stereocenters. The van der Waals surface area contributed by atoms with Gasteiger partial charge in [-0.25, -0.2) is 9.78 Å². The topological polar surface area (TPSA) is 88.5 Å². The van der Waals surface area contributed by atoms with Gasteiger partial charge in [0.2, 0.25) is 5.91 Å². The molecule has 6 nitrogen and oxygen atoms in total. The summed E-state index contributed by atoms with van der Waals surface area (Å²) >= 11 is 1.41. The lowest BCUT2D eigenvalue weighted by atomic mass is 10.2. The molecule has 1 heterocycles. The zero-order chi connectivity index (χ0) is 17.5. The fourth-order valence-corrected chi connectivity index (χ4v) is 2.73. The van der Waals surface area contributed by atoms with E-state index in [1.165, 1.54) is 11.3 Å². The highest BCUT2D eigenvalue weighted by atomic mass is 32.1. The molecule has 24 heavy (non-hydrogen) atoms. The molecule has 1 amide bonds. The van der Waals surface area contributed by atoms with Crippen LogP contribution in [0.25, 0.3) is 0 Å². The highest BCUT2D eigenvalue weighted by molar-refractivity contribution is 7.09. The third-order valence-corrected chi connectivity index (χ3v) is 4.24. The van der Waals surface area contributed by atoms with Gasteiger partial charge < -0.3 is 15.2 Å². The predicted octanol–water partition coefficient (Wildman–Crippen LogP) is 2.55. The fraction of sp³-hybridized carbons (Fsp3) is 0.353. The van der Waals surface area contributed by atoms with Crippen molar-refractivity contribution in [3.8, 4) is 5.75 Å². The zero-order valence-corrected chi connectivity index (χ0v) is 14.4. The fourth-order valence-electron chi connectivity index (χ4n) is 2.02. The summed E-state index contributed by atoms with van der Waals surface area (Å²) in [6.07, 6.45) is 0.401.